The molecule has 1 aromatic heterocycles. The number of benzene rings is 2. The lowest BCUT2D eigenvalue weighted by atomic mass is 10.2. The van der Waals surface area contributed by atoms with Crippen molar-refractivity contribution in [2.75, 3.05) is 19.5 Å². The Morgan fingerprint density at radius 2 is 1.86 bits per heavy atom. The minimum absolute atomic E-state index is 0.0591. The van der Waals surface area contributed by atoms with Crippen LogP contribution in [-0.2, 0) is 6.54 Å². The Balaban J connectivity index is 1.77. The number of hydrogen-bond acceptors (Lipinski definition) is 6. The summed E-state index contributed by atoms with van der Waals surface area (Å²) in [7, 11) is 3.11. The molecule has 0 fully saturated rings. The zero-order valence-corrected chi connectivity index (χ0v) is 16.3. The van der Waals surface area contributed by atoms with E-state index in [0.29, 0.717) is 28.4 Å². The summed E-state index contributed by atoms with van der Waals surface area (Å²) in [6.45, 7) is 1.81. The standard InChI is InChI=1S/C21H21FN4O3/c1-13-10-18(20(27)23-12-14-6-4-5-7-16(14)22)26-21(24-13)25-17-9-8-15(28-2)11-19(17)29-3/h4-11H,12H2,1-3H3,(H,23,27)(H,24,25,26). The maximum atomic E-state index is 13.7. The number of ether oxygens (including phenoxy) is 2. The topological polar surface area (TPSA) is 85.4 Å². The lowest BCUT2D eigenvalue weighted by Gasteiger charge is -2.13. The van der Waals surface area contributed by atoms with Crippen molar-refractivity contribution in [2.24, 2.45) is 0 Å². The van der Waals surface area contributed by atoms with Gasteiger partial charge < -0.3 is 20.1 Å². The largest absolute Gasteiger partial charge is 0.497 e. The smallest absolute Gasteiger partial charge is 0.270 e. The Hall–Kier alpha value is -3.68. The summed E-state index contributed by atoms with van der Waals surface area (Å²) < 4.78 is 24.3. The average Bonchev–Trinajstić information content (AvgIpc) is 2.72. The van der Waals surface area contributed by atoms with Crippen molar-refractivity contribution >= 4 is 17.5 Å². The van der Waals surface area contributed by atoms with Gasteiger partial charge in [-0.15, -0.1) is 0 Å². The molecule has 1 heterocycles. The first kappa shape index (κ1) is 20.1. The Kier molecular flexibility index (Phi) is 6.23. The van der Waals surface area contributed by atoms with E-state index in [4.69, 9.17) is 9.47 Å². The van der Waals surface area contributed by atoms with Crippen molar-refractivity contribution in [1.82, 2.24) is 15.3 Å². The maximum absolute atomic E-state index is 13.7. The number of carbonyl (C=O) groups excluding carboxylic acids is 1. The van der Waals surface area contributed by atoms with Crippen LogP contribution in [-0.4, -0.2) is 30.1 Å². The van der Waals surface area contributed by atoms with Gasteiger partial charge in [-0.3, -0.25) is 4.79 Å². The fourth-order valence-corrected chi connectivity index (χ4v) is 2.67. The van der Waals surface area contributed by atoms with Gasteiger partial charge in [0.25, 0.3) is 5.91 Å². The number of rotatable bonds is 7. The van der Waals surface area contributed by atoms with Crippen molar-refractivity contribution in [1.29, 1.82) is 0 Å². The number of aromatic nitrogens is 2. The van der Waals surface area contributed by atoms with Crippen LogP contribution in [0, 0.1) is 12.7 Å². The molecule has 0 spiro atoms. The van der Waals surface area contributed by atoms with E-state index in [1.807, 2.05) is 0 Å². The summed E-state index contributed by atoms with van der Waals surface area (Å²) in [5.41, 5.74) is 1.79. The number of aryl methyl sites for hydroxylation is 1. The molecule has 150 valence electrons. The molecule has 3 aromatic rings. The third-order valence-electron chi connectivity index (χ3n) is 4.14. The Bertz CT molecular complexity index is 1030. The zero-order chi connectivity index (χ0) is 20.8. The zero-order valence-electron chi connectivity index (χ0n) is 16.3. The van der Waals surface area contributed by atoms with Gasteiger partial charge in [-0.05, 0) is 31.2 Å². The number of anilines is 2. The van der Waals surface area contributed by atoms with Crippen LogP contribution in [0.5, 0.6) is 11.5 Å². The van der Waals surface area contributed by atoms with E-state index in [2.05, 4.69) is 20.6 Å². The number of nitrogens with one attached hydrogen (secondary N) is 2. The van der Waals surface area contributed by atoms with E-state index >= 15 is 0 Å². The van der Waals surface area contributed by atoms with Crippen molar-refractivity contribution in [2.45, 2.75) is 13.5 Å². The van der Waals surface area contributed by atoms with Crippen LogP contribution in [0.1, 0.15) is 21.7 Å². The minimum atomic E-state index is -0.427. The van der Waals surface area contributed by atoms with Gasteiger partial charge in [0.1, 0.15) is 23.0 Å². The van der Waals surface area contributed by atoms with Gasteiger partial charge in [0, 0.05) is 23.9 Å². The van der Waals surface area contributed by atoms with Crippen molar-refractivity contribution in [3.05, 3.63) is 71.3 Å². The Morgan fingerprint density at radius 1 is 1.07 bits per heavy atom. The maximum Gasteiger partial charge on any atom is 0.270 e. The van der Waals surface area contributed by atoms with Gasteiger partial charge in [0.05, 0.1) is 19.9 Å². The van der Waals surface area contributed by atoms with E-state index < -0.39 is 5.91 Å². The number of hydrogen-bond donors (Lipinski definition) is 2. The summed E-state index contributed by atoms with van der Waals surface area (Å²) >= 11 is 0. The molecule has 0 aliphatic carbocycles. The predicted octanol–water partition coefficient (Wildman–Crippen LogP) is 3.61. The van der Waals surface area contributed by atoms with Gasteiger partial charge in [-0.1, -0.05) is 18.2 Å². The summed E-state index contributed by atoms with van der Waals surface area (Å²) in [6.07, 6.45) is 0. The molecule has 0 saturated heterocycles. The molecule has 0 aliphatic heterocycles. The van der Waals surface area contributed by atoms with Gasteiger partial charge in [-0.2, -0.15) is 0 Å². The molecule has 3 rings (SSSR count). The van der Waals surface area contributed by atoms with Crippen LogP contribution >= 0.6 is 0 Å². The summed E-state index contributed by atoms with van der Waals surface area (Å²) in [5, 5.41) is 5.72. The highest BCUT2D eigenvalue weighted by Gasteiger charge is 2.13. The molecule has 0 unspecified atom stereocenters. The van der Waals surface area contributed by atoms with Crippen LogP contribution in [0.25, 0.3) is 0 Å². The van der Waals surface area contributed by atoms with Crippen LogP contribution in [0.3, 0.4) is 0 Å². The molecule has 29 heavy (non-hydrogen) atoms. The molecular weight excluding hydrogens is 375 g/mol. The first-order chi connectivity index (χ1) is 14.0. The third kappa shape index (κ3) is 4.98. The van der Waals surface area contributed by atoms with E-state index in [-0.39, 0.29) is 24.0 Å². The van der Waals surface area contributed by atoms with Crippen LogP contribution in [0.4, 0.5) is 16.0 Å². The van der Waals surface area contributed by atoms with Crippen molar-refractivity contribution in [3.8, 4) is 11.5 Å². The van der Waals surface area contributed by atoms with Gasteiger partial charge in [0.2, 0.25) is 5.95 Å². The molecule has 7 nitrogen and oxygen atoms in total. The Morgan fingerprint density at radius 3 is 2.59 bits per heavy atom. The molecule has 0 saturated carbocycles. The number of carbonyl (C=O) groups is 1. The molecule has 0 bridgehead atoms. The third-order valence-corrected chi connectivity index (χ3v) is 4.14. The summed E-state index contributed by atoms with van der Waals surface area (Å²) in [6, 6.07) is 13.1. The fourth-order valence-electron chi connectivity index (χ4n) is 2.67. The molecule has 1 amide bonds. The highest BCUT2D eigenvalue weighted by molar-refractivity contribution is 5.92. The van der Waals surface area contributed by atoms with E-state index in [9.17, 15) is 9.18 Å². The fraction of sp³-hybridized carbons (Fsp3) is 0.190. The quantitative estimate of drug-likeness (QED) is 0.635. The molecule has 8 heteroatoms. The normalized spacial score (nSPS) is 10.3. The molecule has 2 N–H and O–H groups in total. The second kappa shape index (κ2) is 9.01. The lowest BCUT2D eigenvalue weighted by Crippen LogP contribution is -2.25. The highest BCUT2D eigenvalue weighted by atomic mass is 19.1. The molecule has 2 aromatic carbocycles. The highest BCUT2D eigenvalue weighted by Crippen LogP contribution is 2.30. The van der Waals surface area contributed by atoms with E-state index in [1.165, 1.54) is 6.07 Å². The van der Waals surface area contributed by atoms with Crippen LogP contribution in [0.15, 0.2) is 48.5 Å². The minimum Gasteiger partial charge on any atom is -0.497 e. The van der Waals surface area contributed by atoms with Gasteiger partial charge in [-0.25, -0.2) is 14.4 Å². The van der Waals surface area contributed by atoms with Gasteiger partial charge in [0.15, 0.2) is 0 Å². The van der Waals surface area contributed by atoms with Gasteiger partial charge >= 0.3 is 0 Å². The number of amides is 1. The first-order valence-electron chi connectivity index (χ1n) is 8.86. The summed E-state index contributed by atoms with van der Waals surface area (Å²) in [4.78, 5) is 21.1. The monoisotopic (exact) mass is 396 g/mol. The second-order valence-electron chi connectivity index (χ2n) is 6.18. The van der Waals surface area contributed by atoms with E-state index in [0.717, 1.165) is 0 Å². The lowest BCUT2D eigenvalue weighted by molar-refractivity contribution is 0.0945. The van der Waals surface area contributed by atoms with Crippen LogP contribution in [0.2, 0.25) is 0 Å². The van der Waals surface area contributed by atoms with E-state index in [1.54, 1.807) is 63.6 Å². The average molecular weight is 396 g/mol. The SMILES string of the molecule is COc1ccc(Nc2nc(C)cc(C(=O)NCc3ccccc3F)n2)c(OC)c1. The number of nitrogens with zero attached hydrogens (tertiary/aromatic N) is 2. The number of halogens is 1. The van der Waals surface area contributed by atoms with Crippen molar-refractivity contribution < 1.29 is 18.7 Å². The number of methoxy groups -OCH3 is 2. The molecular formula is C21H21FN4O3. The first-order valence-corrected chi connectivity index (χ1v) is 8.86. The second-order valence-corrected chi connectivity index (χ2v) is 6.18. The predicted molar refractivity (Wildman–Crippen MR) is 107 cm³/mol. The molecule has 0 aliphatic rings. The molecule has 0 atom stereocenters. The Labute approximate surface area is 167 Å². The van der Waals surface area contributed by atoms with Crippen molar-refractivity contribution in [3.63, 3.8) is 0 Å². The molecule has 0 radical (unpaired) electrons. The summed E-state index contributed by atoms with van der Waals surface area (Å²) in [5.74, 6) is 0.624. The van der Waals surface area contributed by atoms with Crippen LogP contribution < -0.4 is 20.1 Å².